The van der Waals surface area contributed by atoms with Crippen molar-refractivity contribution in [3.8, 4) is 0 Å². The van der Waals surface area contributed by atoms with Crippen LogP contribution >= 0.6 is 0 Å². The van der Waals surface area contributed by atoms with Crippen molar-refractivity contribution < 1.29 is 17.0 Å². The van der Waals surface area contributed by atoms with Crippen LogP contribution in [0.3, 0.4) is 0 Å². The second-order valence-corrected chi connectivity index (χ2v) is 3.84. The first kappa shape index (κ1) is 12.7. The van der Waals surface area contributed by atoms with Crippen LogP contribution in [0, 0.1) is 6.92 Å². The van der Waals surface area contributed by atoms with E-state index in [9.17, 15) is 0 Å². The SMILES string of the molecule is Cc1cccc[n+]1C(C)c1ccccc1.[Cl-]. The predicted octanol–water partition coefficient (Wildman–Crippen LogP) is -0.104. The second-order valence-electron chi connectivity index (χ2n) is 3.84. The molecule has 0 radical (unpaired) electrons. The average Bonchev–Trinajstić information content (AvgIpc) is 2.30. The number of aromatic nitrogens is 1. The fourth-order valence-corrected chi connectivity index (χ4v) is 1.87. The maximum absolute atomic E-state index is 2.29. The molecule has 16 heavy (non-hydrogen) atoms. The lowest BCUT2D eigenvalue weighted by atomic mass is 10.1. The van der Waals surface area contributed by atoms with Gasteiger partial charge in [-0.05, 0) is 0 Å². The Hall–Kier alpha value is -1.34. The molecule has 2 aromatic rings. The standard InChI is InChI=1S/C14H16N.ClH/c1-12-8-6-7-11-15(12)13(2)14-9-4-3-5-10-14;/h3-11,13H,1-2H3;1H/q+1;/p-1. The van der Waals surface area contributed by atoms with Crippen molar-refractivity contribution in [2.24, 2.45) is 0 Å². The highest BCUT2D eigenvalue weighted by molar-refractivity contribution is 5.16. The second kappa shape index (κ2) is 5.66. The Balaban J connectivity index is 0.00000128. The Morgan fingerprint density at radius 2 is 1.56 bits per heavy atom. The van der Waals surface area contributed by atoms with E-state index < -0.39 is 0 Å². The highest BCUT2D eigenvalue weighted by Crippen LogP contribution is 2.11. The van der Waals surface area contributed by atoms with Gasteiger partial charge in [-0.1, -0.05) is 36.4 Å². The van der Waals surface area contributed by atoms with Crippen LogP contribution in [0.5, 0.6) is 0 Å². The molecule has 1 heterocycles. The molecule has 0 aliphatic heterocycles. The number of halogens is 1. The van der Waals surface area contributed by atoms with E-state index in [4.69, 9.17) is 0 Å². The van der Waals surface area contributed by atoms with Crippen LogP contribution in [0.15, 0.2) is 54.7 Å². The molecule has 0 aliphatic rings. The molecule has 0 fully saturated rings. The van der Waals surface area contributed by atoms with Crippen LogP contribution in [0.1, 0.15) is 24.2 Å². The lowest BCUT2D eigenvalue weighted by Crippen LogP contribution is -3.00. The monoisotopic (exact) mass is 233 g/mol. The van der Waals surface area contributed by atoms with Gasteiger partial charge in [-0.25, -0.2) is 0 Å². The third kappa shape index (κ3) is 2.61. The molecule has 1 atom stereocenters. The number of rotatable bonds is 2. The molecule has 0 N–H and O–H groups in total. The van der Waals surface area contributed by atoms with E-state index in [-0.39, 0.29) is 12.4 Å². The molecule has 0 saturated heterocycles. The highest BCUT2D eigenvalue weighted by atomic mass is 35.5. The van der Waals surface area contributed by atoms with Gasteiger partial charge in [0.1, 0.15) is 0 Å². The summed E-state index contributed by atoms with van der Waals surface area (Å²) < 4.78 is 2.29. The van der Waals surface area contributed by atoms with Crippen molar-refractivity contribution in [2.75, 3.05) is 0 Å². The molecule has 2 rings (SSSR count). The quantitative estimate of drug-likeness (QED) is 0.638. The number of aryl methyl sites for hydroxylation is 1. The minimum Gasteiger partial charge on any atom is -1.00 e. The molecule has 0 bridgehead atoms. The summed E-state index contributed by atoms with van der Waals surface area (Å²) in [7, 11) is 0. The molecule has 0 spiro atoms. The van der Waals surface area contributed by atoms with E-state index in [2.05, 4.69) is 73.1 Å². The summed E-state index contributed by atoms with van der Waals surface area (Å²) in [6.45, 7) is 4.36. The molecule has 84 valence electrons. The molecule has 0 saturated carbocycles. The van der Waals surface area contributed by atoms with Crippen LogP contribution in [0.4, 0.5) is 0 Å². The van der Waals surface area contributed by atoms with Crippen molar-refractivity contribution in [2.45, 2.75) is 19.9 Å². The maximum atomic E-state index is 2.29. The third-order valence-corrected chi connectivity index (χ3v) is 2.80. The van der Waals surface area contributed by atoms with Gasteiger partial charge in [-0.2, -0.15) is 4.57 Å². The summed E-state index contributed by atoms with van der Waals surface area (Å²) in [6, 6.07) is 17.3. The van der Waals surface area contributed by atoms with Crippen LogP contribution in [0.2, 0.25) is 0 Å². The predicted molar refractivity (Wildman–Crippen MR) is 61.6 cm³/mol. The third-order valence-electron chi connectivity index (χ3n) is 2.80. The molecule has 0 amide bonds. The van der Waals surface area contributed by atoms with Crippen molar-refractivity contribution in [1.29, 1.82) is 0 Å². The van der Waals surface area contributed by atoms with E-state index in [1.165, 1.54) is 11.3 Å². The van der Waals surface area contributed by atoms with E-state index >= 15 is 0 Å². The van der Waals surface area contributed by atoms with Gasteiger partial charge in [0.25, 0.3) is 0 Å². The summed E-state index contributed by atoms with van der Waals surface area (Å²) >= 11 is 0. The van der Waals surface area contributed by atoms with Gasteiger partial charge in [0, 0.05) is 31.5 Å². The Labute approximate surface area is 103 Å². The molecular weight excluding hydrogens is 218 g/mol. The zero-order chi connectivity index (χ0) is 10.7. The summed E-state index contributed by atoms with van der Waals surface area (Å²) in [5, 5.41) is 0. The fraction of sp³-hybridized carbons (Fsp3) is 0.214. The summed E-state index contributed by atoms with van der Waals surface area (Å²) in [6.07, 6.45) is 2.13. The van der Waals surface area contributed by atoms with Gasteiger partial charge in [0.05, 0.1) is 0 Å². The summed E-state index contributed by atoms with van der Waals surface area (Å²) in [4.78, 5) is 0. The summed E-state index contributed by atoms with van der Waals surface area (Å²) in [5.41, 5.74) is 2.63. The van der Waals surface area contributed by atoms with Crippen LogP contribution < -0.4 is 17.0 Å². The minimum atomic E-state index is 0. The first-order valence-electron chi connectivity index (χ1n) is 5.31. The van der Waals surface area contributed by atoms with Gasteiger partial charge in [0.2, 0.25) is 0 Å². The Bertz CT molecular complexity index is 439. The normalized spacial score (nSPS) is 11.6. The zero-order valence-electron chi connectivity index (χ0n) is 9.60. The van der Waals surface area contributed by atoms with Gasteiger partial charge >= 0.3 is 0 Å². The molecule has 0 aliphatic carbocycles. The number of hydrogen-bond donors (Lipinski definition) is 0. The maximum Gasteiger partial charge on any atom is 0.181 e. The van der Waals surface area contributed by atoms with Crippen molar-refractivity contribution in [1.82, 2.24) is 0 Å². The van der Waals surface area contributed by atoms with Crippen LogP contribution in [-0.2, 0) is 0 Å². The number of hydrogen-bond acceptors (Lipinski definition) is 0. The van der Waals surface area contributed by atoms with Gasteiger partial charge in [-0.3, -0.25) is 0 Å². The molecule has 1 unspecified atom stereocenters. The molecular formula is C14H16ClN. The Kier molecular flexibility index (Phi) is 4.51. The largest absolute Gasteiger partial charge is 1.00 e. The molecule has 2 heteroatoms. The van der Waals surface area contributed by atoms with Crippen molar-refractivity contribution >= 4 is 0 Å². The van der Waals surface area contributed by atoms with Crippen LogP contribution in [0.25, 0.3) is 0 Å². The Morgan fingerprint density at radius 3 is 2.19 bits per heavy atom. The first-order chi connectivity index (χ1) is 7.29. The van der Waals surface area contributed by atoms with Gasteiger partial charge in [-0.15, -0.1) is 0 Å². The zero-order valence-corrected chi connectivity index (χ0v) is 10.4. The van der Waals surface area contributed by atoms with Crippen molar-refractivity contribution in [3.05, 3.63) is 66.0 Å². The van der Waals surface area contributed by atoms with Crippen molar-refractivity contribution in [3.63, 3.8) is 0 Å². The number of benzene rings is 1. The van der Waals surface area contributed by atoms with Gasteiger partial charge in [0.15, 0.2) is 17.9 Å². The van der Waals surface area contributed by atoms with E-state index in [1.54, 1.807) is 0 Å². The van der Waals surface area contributed by atoms with E-state index in [1.807, 2.05) is 0 Å². The molecule has 1 aromatic heterocycles. The highest BCUT2D eigenvalue weighted by Gasteiger charge is 2.15. The summed E-state index contributed by atoms with van der Waals surface area (Å²) in [5.74, 6) is 0. The molecule has 1 nitrogen and oxygen atoms in total. The average molecular weight is 234 g/mol. The lowest BCUT2D eigenvalue weighted by molar-refractivity contribution is -0.716. The van der Waals surface area contributed by atoms with Gasteiger partial charge < -0.3 is 12.4 Å². The van der Waals surface area contributed by atoms with Crippen LogP contribution in [-0.4, -0.2) is 0 Å². The molecule has 1 aromatic carbocycles. The topological polar surface area (TPSA) is 3.88 Å². The minimum absolute atomic E-state index is 0. The van der Waals surface area contributed by atoms with E-state index in [0.29, 0.717) is 6.04 Å². The number of pyridine rings is 1. The number of nitrogens with zero attached hydrogens (tertiary/aromatic N) is 1. The Morgan fingerprint density at radius 1 is 0.938 bits per heavy atom. The fourth-order valence-electron chi connectivity index (χ4n) is 1.87. The van der Waals surface area contributed by atoms with E-state index in [0.717, 1.165) is 0 Å². The lowest BCUT2D eigenvalue weighted by Gasteiger charge is -2.08. The first-order valence-corrected chi connectivity index (χ1v) is 5.31. The smallest absolute Gasteiger partial charge is 0.181 e.